The molecular weight excluding hydrogens is 260 g/mol. The van der Waals surface area contributed by atoms with E-state index in [2.05, 4.69) is 22.1 Å². The molecule has 1 aliphatic rings. The molecule has 0 aliphatic carbocycles. The molecule has 1 atom stereocenters. The third-order valence-electron chi connectivity index (χ3n) is 3.63. The van der Waals surface area contributed by atoms with E-state index in [1.54, 1.807) is 18.6 Å². The topological polar surface area (TPSA) is 42.3 Å². The molecule has 0 bridgehead atoms. The molecule has 3 heteroatoms. The van der Waals surface area contributed by atoms with Crippen LogP contribution >= 0.6 is 0 Å². The summed E-state index contributed by atoms with van der Waals surface area (Å²) in [4.78, 5) is 20.0. The van der Waals surface area contributed by atoms with Crippen molar-refractivity contribution in [3.05, 3.63) is 72.1 Å². The SMILES string of the molecule is O=C1N=CC(c2ccncc2)=CC1CCc1ccccc1. The normalized spacial score (nSPS) is 17.6. The predicted octanol–water partition coefficient (Wildman–Crippen LogP) is 3.33. The molecule has 1 aromatic carbocycles. The van der Waals surface area contributed by atoms with E-state index >= 15 is 0 Å². The highest BCUT2D eigenvalue weighted by molar-refractivity contribution is 6.16. The number of amides is 1. The van der Waals surface area contributed by atoms with Crippen molar-refractivity contribution in [3.63, 3.8) is 0 Å². The number of aliphatic imine (C=N–C) groups is 1. The molecule has 3 rings (SSSR count). The van der Waals surface area contributed by atoms with Gasteiger partial charge in [-0.15, -0.1) is 0 Å². The summed E-state index contributed by atoms with van der Waals surface area (Å²) < 4.78 is 0. The predicted molar refractivity (Wildman–Crippen MR) is 84.0 cm³/mol. The van der Waals surface area contributed by atoms with Crippen LogP contribution in [0.3, 0.4) is 0 Å². The second-order valence-corrected chi connectivity index (χ2v) is 5.09. The maximum absolute atomic E-state index is 11.9. The average molecular weight is 276 g/mol. The Balaban J connectivity index is 1.74. The fourth-order valence-corrected chi connectivity index (χ4v) is 2.45. The molecule has 3 nitrogen and oxygen atoms in total. The van der Waals surface area contributed by atoms with Gasteiger partial charge >= 0.3 is 0 Å². The molecule has 0 fully saturated rings. The number of benzene rings is 1. The van der Waals surface area contributed by atoms with Gasteiger partial charge in [0.25, 0.3) is 5.91 Å². The Morgan fingerprint density at radius 1 is 1.00 bits per heavy atom. The van der Waals surface area contributed by atoms with E-state index in [1.807, 2.05) is 36.4 Å². The number of rotatable bonds is 4. The lowest BCUT2D eigenvalue weighted by Gasteiger charge is -2.15. The average Bonchev–Trinajstić information content (AvgIpc) is 2.56. The Bertz CT molecular complexity index is 675. The molecule has 104 valence electrons. The molecular formula is C18H16N2O. The molecule has 0 radical (unpaired) electrons. The Hall–Kier alpha value is -2.55. The monoisotopic (exact) mass is 276 g/mol. The summed E-state index contributed by atoms with van der Waals surface area (Å²) >= 11 is 0. The quantitative estimate of drug-likeness (QED) is 0.859. The van der Waals surface area contributed by atoms with Crippen molar-refractivity contribution in [3.8, 4) is 0 Å². The van der Waals surface area contributed by atoms with Crippen LogP contribution in [-0.2, 0) is 11.2 Å². The zero-order chi connectivity index (χ0) is 14.5. The van der Waals surface area contributed by atoms with Crippen LogP contribution in [0.25, 0.3) is 5.57 Å². The Kier molecular flexibility index (Phi) is 4.01. The van der Waals surface area contributed by atoms with Gasteiger partial charge in [-0.3, -0.25) is 9.78 Å². The number of aryl methyl sites for hydroxylation is 1. The summed E-state index contributed by atoms with van der Waals surface area (Å²) in [6, 6.07) is 14.1. The van der Waals surface area contributed by atoms with Crippen molar-refractivity contribution >= 4 is 17.7 Å². The van der Waals surface area contributed by atoms with Crippen LogP contribution in [0.2, 0.25) is 0 Å². The van der Waals surface area contributed by atoms with Crippen LogP contribution in [0.15, 0.2) is 65.9 Å². The van der Waals surface area contributed by atoms with Crippen LogP contribution < -0.4 is 0 Å². The molecule has 2 aromatic rings. The lowest BCUT2D eigenvalue weighted by atomic mass is 9.93. The minimum absolute atomic E-state index is 0.0521. The molecule has 1 aromatic heterocycles. The van der Waals surface area contributed by atoms with Gasteiger partial charge in [0, 0.05) is 18.6 Å². The van der Waals surface area contributed by atoms with Gasteiger partial charge in [-0.05, 0) is 41.7 Å². The van der Waals surface area contributed by atoms with Crippen molar-refractivity contribution in [1.82, 2.24) is 4.98 Å². The zero-order valence-electron chi connectivity index (χ0n) is 11.6. The number of nitrogens with zero attached hydrogens (tertiary/aromatic N) is 2. The number of aromatic nitrogens is 1. The third-order valence-corrected chi connectivity index (χ3v) is 3.63. The summed E-state index contributed by atoms with van der Waals surface area (Å²) in [6.45, 7) is 0. The maximum atomic E-state index is 11.9. The lowest BCUT2D eigenvalue weighted by molar-refractivity contribution is -0.120. The van der Waals surface area contributed by atoms with Crippen LogP contribution in [0, 0.1) is 5.92 Å². The van der Waals surface area contributed by atoms with E-state index < -0.39 is 0 Å². The minimum atomic E-state index is -0.140. The summed E-state index contributed by atoms with van der Waals surface area (Å²) in [5.41, 5.74) is 3.29. The van der Waals surface area contributed by atoms with Crippen LogP contribution in [0.4, 0.5) is 0 Å². The number of hydrogen-bond donors (Lipinski definition) is 0. The van der Waals surface area contributed by atoms with E-state index in [4.69, 9.17) is 0 Å². The number of pyridine rings is 1. The van der Waals surface area contributed by atoms with Crippen LogP contribution in [0.5, 0.6) is 0 Å². The van der Waals surface area contributed by atoms with Crippen molar-refractivity contribution in [1.29, 1.82) is 0 Å². The molecule has 1 aliphatic heterocycles. The second-order valence-electron chi connectivity index (χ2n) is 5.09. The van der Waals surface area contributed by atoms with Gasteiger partial charge in [0.15, 0.2) is 0 Å². The Morgan fingerprint density at radius 3 is 2.52 bits per heavy atom. The van der Waals surface area contributed by atoms with Gasteiger partial charge in [0.05, 0.1) is 5.92 Å². The molecule has 1 unspecified atom stereocenters. The number of dihydropyridines is 1. The van der Waals surface area contributed by atoms with Crippen molar-refractivity contribution in [2.45, 2.75) is 12.8 Å². The smallest absolute Gasteiger partial charge is 0.252 e. The number of allylic oxidation sites excluding steroid dienone is 1. The van der Waals surface area contributed by atoms with E-state index in [0.717, 1.165) is 24.0 Å². The second kappa shape index (κ2) is 6.27. The fraction of sp³-hybridized carbons (Fsp3) is 0.167. The van der Waals surface area contributed by atoms with E-state index in [-0.39, 0.29) is 11.8 Å². The summed E-state index contributed by atoms with van der Waals surface area (Å²) in [6.07, 6.45) is 8.84. The third kappa shape index (κ3) is 3.31. The largest absolute Gasteiger partial charge is 0.272 e. The van der Waals surface area contributed by atoms with E-state index in [9.17, 15) is 4.79 Å². The Morgan fingerprint density at radius 2 is 1.76 bits per heavy atom. The van der Waals surface area contributed by atoms with Gasteiger partial charge < -0.3 is 0 Å². The molecule has 0 saturated heterocycles. The first-order chi connectivity index (χ1) is 10.3. The van der Waals surface area contributed by atoms with Gasteiger partial charge in [0.2, 0.25) is 0 Å². The van der Waals surface area contributed by atoms with Gasteiger partial charge in [0.1, 0.15) is 0 Å². The van der Waals surface area contributed by atoms with Crippen molar-refractivity contribution in [2.75, 3.05) is 0 Å². The van der Waals surface area contributed by atoms with Gasteiger partial charge in [-0.1, -0.05) is 36.4 Å². The van der Waals surface area contributed by atoms with E-state index in [1.165, 1.54) is 5.56 Å². The summed E-state index contributed by atoms with van der Waals surface area (Å²) in [5.74, 6) is -0.192. The van der Waals surface area contributed by atoms with E-state index in [0.29, 0.717) is 0 Å². The highest BCUT2D eigenvalue weighted by Gasteiger charge is 2.19. The molecule has 0 spiro atoms. The highest BCUT2D eigenvalue weighted by atomic mass is 16.1. The van der Waals surface area contributed by atoms with Gasteiger partial charge in [-0.2, -0.15) is 0 Å². The van der Waals surface area contributed by atoms with Crippen molar-refractivity contribution in [2.24, 2.45) is 10.9 Å². The molecule has 0 saturated carbocycles. The summed E-state index contributed by atoms with van der Waals surface area (Å²) in [7, 11) is 0. The number of carbonyl (C=O) groups excluding carboxylic acids is 1. The van der Waals surface area contributed by atoms with Crippen LogP contribution in [-0.4, -0.2) is 17.1 Å². The molecule has 0 N–H and O–H groups in total. The standard InChI is InChI=1S/C18H16N2O/c21-18-16(7-6-14-4-2-1-3-5-14)12-17(13-20-18)15-8-10-19-11-9-15/h1-5,8-13,16H,6-7H2. The minimum Gasteiger partial charge on any atom is -0.272 e. The highest BCUT2D eigenvalue weighted by Crippen LogP contribution is 2.22. The molecule has 2 heterocycles. The van der Waals surface area contributed by atoms with Gasteiger partial charge in [-0.25, -0.2) is 4.99 Å². The first kappa shape index (κ1) is 13.4. The number of hydrogen-bond acceptors (Lipinski definition) is 2. The fourth-order valence-electron chi connectivity index (χ4n) is 2.45. The van der Waals surface area contributed by atoms with Crippen molar-refractivity contribution < 1.29 is 4.79 Å². The number of carbonyl (C=O) groups is 1. The van der Waals surface area contributed by atoms with Crippen LogP contribution in [0.1, 0.15) is 17.5 Å². The first-order valence-corrected chi connectivity index (χ1v) is 7.07. The molecule has 21 heavy (non-hydrogen) atoms. The summed E-state index contributed by atoms with van der Waals surface area (Å²) in [5, 5.41) is 0. The Labute approximate surface area is 124 Å². The maximum Gasteiger partial charge on any atom is 0.252 e. The lowest BCUT2D eigenvalue weighted by Crippen LogP contribution is -2.15. The molecule has 1 amide bonds. The zero-order valence-corrected chi connectivity index (χ0v) is 11.6. The first-order valence-electron chi connectivity index (χ1n) is 7.07.